The Bertz CT molecular complexity index is 283. The summed E-state index contributed by atoms with van der Waals surface area (Å²) in [5.41, 5.74) is 0. The molecule has 0 aromatic carbocycles. The maximum atomic E-state index is 11.0. The minimum atomic E-state index is -3.49. The molecule has 76 valence electrons. The van der Waals surface area contributed by atoms with Crippen molar-refractivity contribution in [2.24, 2.45) is 0 Å². The van der Waals surface area contributed by atoms with E-state index in [1.807, 2.05) is 4.72 Å². The van der Waals surface area contributed by atoms with Crippen LogP contribution in [0.2, 0.25) is 0 Å². The minimum Gasteiger partial charge on any atom is -0.352 e. The molecule has 1 saturated carbocycles. The van der Waals surface area contributed by atoms with E-state index < -0.39 is 10.2 Å². The third-order valence-electron chi connectivity index (χ3n) is 1.63. The maximum Gasteiger partial charge on any atom is 0.277 e. The molecule has 3 N–H and O–H groups in total. The van der Waals surface area contributed by atoms with Crippen LogP contribution in [0.3, 0.4) is 0 Å². The molecule has 0 spiro atoms. The molecule has 1 amide bonds. The molecular formula is C6H13N3O3S. The van der Waals surface area contributed by atoms with Crippen molar-refractivity contribution in [2.45, 2.75) is 18.9 Å². The van der Waals surface area contributed by atoms with E-state index in [-0.39, 0.29) is 18.5 Å². The van der Waals surface area contributed by atoms with Gasteiger partial charge < -0.3 is 5.32 Å². The summed E-state index contributed by atoms with van der Waals surface area (Å²) < 4.78 is 25.7. The monoisotopic (exact) mass is 207 g/mol. The number of carbonyl (C=O) groups is 1. The van der Waals surface area contributed by atoms with E-state index in [0.29, 0.717) is 0 Å². The molecule has 1 aliphatic rings. The summed E-state index contributed by atoms with van der Waals surface area (Å²) >= 11 is 0. The van der Waals surface area contributed by atoms with Gasteiger partial charge in [-0.25, -0.2) is 4.72 Å². The lowest BCUT2D eigenvalue weighted by Gasteiger charge is -2.04. The van der Waals surface area contributed by atoms with E-state index in [1.165, 1.54) is 7.05 Å². The lowest BCUT2D eigenvalue weighted by atomic mass is 10.5. The van der Waals surface area contributed by atoms with Crippen molar-refractivity contribution in [1.82, 2.24) is 14.8 Å². The Kier molecular flexibility index (Phi) is 3.23. The van der Waals surface area contributed by atoms with Gasteiger partial charge in [-0.3, -0.25) is 4.79 Å². The van der Waals surface area contributed by atoms with Gasteiger partial charge in [-0.1, -0.05) is 0 Å². The lowest BCUT2D eigenvalue weighted by molar-refractivity contribution is -0.120. The summed E-state index contributed by atoms with van der Waals surface area (Å²) in [4.78, 5) is 11.0. The van der Waals surface area contributed by atoms with Crippen molar-refractivity contribution < 1.29 is 13.2 Å². The zero-order valence-electron chi connectivity index (χ0n) is 7.33. The van der Waals surface area contributed by atoms with Crippen LogP contribution >= 0.6 is 0 Å². The Morgan fingerprint density at radius 3 is 2.54 bits per heavy atom. The van der Waals surface area contributed by atoms with Crippen molar-refractivity contribution in [3.8, 4) is 0 Å². The summed E-state index contributed by atoms with van der Waals surface area (Å²) in [7, 11) is -2.21. The van der Waals surface area contributed by atoms with Crippen LogP contribution in [-0.4, -0.2) is 34.0 Å². The predicted octanol–water partition coefficient (Wildman–Crippen LogP) is -1.68. The summed E-state index contributed by atoms with van der Waals surface area (Å²) in [5.74, 6) is -0.290. The highest BCUT2D eigenvalue weighted by molar-refractivity contribution is 7.87. The third-order valence-corrected chi connectivity index (χ3v) is 2.70. The topological polar surface area (TPSA) is 87.3 Å². The quantitative estimate of drug-likeness (QED) is 0.503. The smallest absolute Gasteiger partial charge is 0.277 e. The summed E-state index contributed by atoms with van der Waals surface area (Å²) in [6, 6.07) is 0.256. The van der Waals surface area contributed by atoms with Crippen LogP contribution in [0.15, 0.2) is 0 Å². The molecule has 0 aliphatic heterocycles. The SMILES string of the molecule is CNS(=O)(=O)NCC(=O)NC1CC1. The van der Waals surface area contributed by atoms with Gasteiger partial charge in [-0.15, -0.1) is 0 Å². The molecule has 0 unspecified atom stereocenters. The number of hydrogen-bond acceptors (Lipinski definition) is 3. The van der Waals surface area contributed by atoms with Crippen LogP contribution < -0.4 is 14.8 Å². The maximum absolute atomic E-state index is 11.0. The molecular weight excluding hydrogens is 194 g/mol. The first-order valence-corrected chi connectivity index (χ1v) is 5.49. The van der Waals surface area contributed by atoms with Crippen LogP contribution in [0.5, 0.6) is 0 Å². The van der Waals surface area contributed by atoms with E-state index >= 15 is 0 Å². The minimum absolute atomic E-state index is 0.209. The first-order valence-electron chi connectivity index (χ1n) is 4.01. The highest BCUT2D eigenvalue weighted by Gasteiger charge is 2.23. The molecule has 1 aliphatic carbocycles. The number of amides is 1. The lowest BCUT2D eigenvalue weighted by Crippen LogP contribution is -2.41. The zero-order chi connectivity index (χ0) is 9.90. The van der Waals surface area contributed by atoms with Gasteiger partial charge in [0, 0.05) is 13.1 Å². The average Bonchev–Trinajstić information content (AvgIpc) is 2.85. The second-order valence-corrected chi connectivity index (χ2v) is 4.57. The third kappa shape index (κ3) is 4.20. The summed E-state index contributed by atoms with van der Waals surface area (Å²) in [6.45, 7) is -0.209. The molecule has 0 bridgehead atoms. The summed E-state index contributed by atoms with van der Waals surface area (Å²) in [5, 5.41) is 2.66. The highest BCUT2D eigenvalue weighted by atomic mass is 32.2. The van der Waals surface area contributed by atoms with Crippen LogP contribution in [0.25, 0.3) is 0 Å². The number of carbonyl (C=O) groups excluding carboxylic acids is 1. The first-order chi connectivity index (χ1) is 6.03. The molecule has 0 heterocycles. The first kappa shape index (κ1) is 10.4. The molecule has 1 fully saturated rings. The van der Waals surface area contributed by atoms with Crippen LogP contribution in [0.1, 0.15) is 12.8 Å². The van der Waals surface area contributed by atoms with Crippen LogP contribution in [-0.2, 0) is 15.0 Å². The molecule has 13 heavy (non-hydrogen) atoms. The van der Waals surface area contributed by atoms with Gasteiger partial charge in [-0.05, 0) is 12.8 Å². The highest BCUT2D eigenvalue weighted by Crippen LogP contribution is 2.18. The molecule has 6 nitrogen and oxygen atoms in total. The average molecular weight is 207 g/mol. The molecule has 0 atom stereocenters. The Labute approximate surface area is 77.3 Å². The van der Waals surface area contributed by atoms with Gasteiger partial charge in [0.2, 0.25) is 5.91 Å². The molecule has 0 radical (unpaired) electrons. The van der Waals surface area contributed by atoms with E-state index in [0.717, 1.165) is 12.8 Å². The van der Waals surface area contributed by atoms with Gasteiger partial charge in [-0.2, -0.15) is 13.1 Å². The second kappa shape index (κ2) is 4.03. The second-order valence-electron chi connectivity index (χ2n) is 2.87. The van der Waals surface area contributed by atoms with Gasteiger partial charge in [0.15, 0.2) is 0 Å². The molecule has 0 aromatic rings. The van der Waals surface area contributed by atoms with Gasteiger partial charge >= 0.3 is 0 Å². The van der Waals surface area contributed by atoms with Crippen LogP contribution in [0.4, 0.5) is 0 Å². The molecule has 0 aromatic heterocycles. The van der Waals surface area contributed by atoms with Crippen molar-refractivity contribution in [1.29, 1.82) is 0 Å². The Balaban J connectivity index is 2.20. The molecule has 1 rings (SSSR count). The Morgan fingerprint density at radius 1 is 1.46 bits per heavy atom. The van der Waals surface area contributed by atoms with E-state index in [9.17, 15) is 13.2 Å². The van der Waals surface area contributed by atoms with E-state index in [4.69, 9.17) is 0 Å². The van der Waals surface area contributed by atoms with Gasteiger partial charge in [0.25, 0.3) is 10.2 Å². The van der Waals surface area contributed by atoms with Crippen molar-refractivity contribution in [2.75, 3.05) is 13.6 Å². The number of hydrogen-bond donors (Lipinski definition) is 3. The van der Waals surface area contributed by atoms with Gasteiger partial charge in [0.05, 0.1) is 6.54 Å². The Hall–Kier alpha value is -0.660. The zero-order valence-corrected chi connectivity index (χ0v) is 8.15. The fraction of sp³-hybridized carbons (Fsp3) is 0.833. The normalized spacial score (nSPS) is 17.0. The number of nitrogens with one attached hydrogen (secondary N) is 3. The fourth-order valence-corrected chi connectivity index (χ4v) is 1.20. The fourth-order valence-electron chi connectivity index (χ4n) is 0.739. The van der Waals surface area contributed by atoms with E-state index in [2.05, 4.69) is 10.0 Å². The van der Waals surface area contributed by atoms with Crippen LogP contribution in [0, 0.1) is 0 Å². The van der Waals surface area contributed by atoms with Crippen molar-refractivity contribution in [3.63, 3.8) is 0 Å². The Morgan fingerprint density at radius 2 is 2.08 bits per heavy atom. The standard InChI is InChI=1S/C6H13N3O3S/c1-7-13(11,12)8-4-6(10)9-5-2-3-5/h5,7-8H,2-4H2,1H3,(H,9,10). The van der Waals surface area contributed by atoms with Gasteiger partial charge in [0.1, 0.15) is 0 Å². The largest absolute Gasteiger partial charge is 0.352 e. The molecule has 0 saturated heterocycles. The molecule has 7 heteroatoms. The van der Waals surface area contributed by atoms with Crippen molar-refractivity contribution in [3.05, 3.63) is 0 Å². The predicted molar refractivity (Wildman–Crippen MR) is 47.1 cm³/mol. The summed E-state index contributed by atoms with van der Waals surface area (Å²) in [6.07, 6.45) is 1.98. The number of rotatable bonds is 5. The van der Waals surface area contributed by atoms with Crippen molar-refractivity contribution >= 4 is 16.1 Å². The van der Waals surface area contributed by atoms with E-state index in [1.54, 1.807) is 0 Å².